The maximum Gasteiger partial charge on any atom is 0.322 e. The van der Waals surface area contributed by atoms with Gasteiger partial charge in [0.05, 0.1) is 7.11 Å². The fourth-order valence-corrected chi connectivity index (χ4v) is 2.51. The Kier molecular flexibility index (Phi) is 4.12. The summed E-state index contributed by atoms with van der Waals surface area (Å²) in [6, 6.07) is 11.6. The number of ether oxygens (including phenoxy) is 1. The number of esters is 1. The molecule has 0 saturated heterocycles. The average Bonchev–Trinajstić information content (AvgIpc) is 2.92. The van der Waals surface area contributed by atoms with Crippen LogP contribution in [0.3, 0.4) is 0 Å². The fourth-order valence-electron chi connectivity index (χ4n) is 1.78. The highest BCUT2D eigenvalue weighted by molar-refractivity contribution is 7.13. The van der Waals surface area contributed by atoms with Gasteiger partial charge < -0.3 is 10.5 Å². The Hall–Kier alpha value is -1.65. The molecule has 0 amide bonds. The molecule has 1 aromatic carbocycles. The Morgan fingerprint density at radius 2 is 2.22 bits per heavy atom. The first-order valence-electron chi connectivity index (χ1n) is 5.67. The van der Waals surface area contributed by atoms with E-state index in [1.165, 1.54) is 12.0 Å². The van der Waals surface area contributed by atoms with Crippen LogP contribution in [0, 0.1) is 0 Å². The maximum atomic E-state index is 11.3. The van der Waals surface area contributed by atoms with Crippen LogP contribution in [0.2, 0.25) is 0 Å². The average molecular weight is 261 g/mol. The van der Waals surface area contributed by atoms with Gasteiger partial charge in [-0.25, -0.2) is 0 Å². The van der Waals surface area contributed by atoms with Crippen molar-refractivity contribution in [2.24, 2.45) is 5.73 Å². The molecule has 94 valence electrons. The van der Waals surface area contributed by atoms with Crippen LogP contribution < -0.4 is 5.73 Å². The number of carbonyl (C=O) groups is 1. The summed E-state index contributed by atoms with van der Waals surface area (Å²) < 4.78 is 4.62. The minimum Gasteiger partial charge on any atom is -0.468 e. The van der Waals surface area contributed by atoms with Crippen LogP contribution in [-0.2, 0) is 16.0 Å². The Bertz CT molecular complexity index is 522. The standard InChI is InChI=1S/C14H15NO2S/c1-17-14(16)12(15)9-10-4-2-5-11(8-10)13-6-3-7-18-13/h2-8,12H,9,15H2,1H3. The van der Waals surface area contributed by atoms with E-state index < -0.39 is 6.04 Å². The second kappa shape index (κ2) is 5.80. The first-order chi connectivity index (χ1) is 8.70. The van der Waals surface area contributed by atoms with Gasteiger partial charge in [0.2, 0.25) is 0 Å². The molecule has 3 nitrogen and oxygen atoms in total. The van der Waals surface area contributed by atoms with Gasteiger partial charge in [0, 0.05) is 4.88 Å². The molecule has 1 unspecified atom stereocenters. The van der Waals surface area contributed by atoms with Crippen molar-refractivity contribution in [1.82, 2.24) is 0 Å². The molecule has 0 fully saturated rings. The van der Waals surface area contributed by atoms with Gasteiger partial charge in [-0.3, -0.25) is 4.79 Å². The molecule has 2 N–H and O–H groups in total. The van der Waals surface area contributed by atoms with Crippen molar-refractivity contribution in [3.05, 3.63) is 47.3 Å². The summed E-state index contributed by atoms with van der Waals surface area (Å²) in [5.41, 5.74) is 7.95. The summed E-state index contributed by atoms with van der Waals surface area (Å²) >= 11 is 1.69. The zero-order valence-corrected chi connectivity index (χ0v) is 10.9. The molecule has 0 saturated carbocycles. The number of hydrogen-bond donors (Lipinski definition) is 1. The number of rotatable bonds is 4. The Morgan fingerprint density at radius 1 is 1.39 bits per heavy atom. The van der Waals surface area contributed by atoms with Crippen molar-refractivity contribution in [1.29, 1.82) is 0 Å². The summed E-state index contributed by atoms with van der Waals surface area (Å²) in [6.45, 7) is 0. The molecule has 0 aliphatic rings. The molecule has 1 heterocycles. The highest BCUT2D eigenvalue weighted by Crippen LogP contribution is 2.25. The summed E-state index contributed by atoms with van der Waals surface area (Å²) in [5, 5.41) is 2.04. The highest BCUT2D eigenvalue weighted by atomic mass is 32.1. The van der Waals surface area contributed by atoms with E-state index in [2.05, 4.69) is 22.9 Å². The van der Waals surface area contributed by atoms with Crippen LogP contribution in [0.5, 0.6) is 0 Å². The third-order valence-corrected chi connectivity index (χ3v) is 3.61. The molecule has 4 heteroatoms. The molecule has 1 atom stereocenters. The van der Waals surface area contributed by atoms with Gasteiger partial charge in [-0.2, -0.15) is 0 Å². The number of hydrogen-bond acceptors (Lipinski definition) is 4. The predicted molar refractivity (Wildman–Crippen MR) is 73.5 cm³/mol. The quantitative estimate of drug-likeness (QED) is 0.860. The lowest BCUT2D eigenvalue weighted by Gasteiger charge is -2.09. The Labute approximate surface area is 110 Å². The van der Waals surface area contributed by atoms with Crippen LogP contribution in [0.1, 0.15) is 5.56 Å². The zero-order chi connectivity index (χ0) is 13.0. The van der Waals surface area contributed by atoms with Crippen molar-refractivity contribution < 1.29 is 9.53 Å². The van der Waals surface area contributed by atoms with Gasteiger partial charge in [0.25, 0.3) is 0 Å². The first-order valence-corrected chi connectivity index (χ1v) is 6.55. The molecule has 0 spiro atoms. The monoisotopic (exact) mass is 261 g/mol. The summed E-state index contributed by atoms with van der Waals surface area (Å²) in [7, 11) is 1.35. The smallest absolute Gasteiger partial charge is 0.322 e. The van der Waals surface area contributed by atoms with Crippen LogP contribution in [0.15, 0.2) is 41.8 Å². The van der Waals surface area contributed by atoms with Gasteiger partial charge in [-0.15, -0.1) is 11.3 Å². The topological polar surface area (TPSA) is 52.3 Å². The number of nitrogens with two attached hydrogens (primary N) is 1. The van der Waals surface area contributed by atoms with Crippen molar-refractivity contribution in [3.63, 3.8) is 0 Å². The zero-order valence-electron chi connectivity index (χ0n) is 10.1. The van der Waals surface area contributed by atoms with E-state index in [-0.39, 0.29) is 5.97 Å². The largest absolute Gasteiger partial charge is 0.468 e. The molecule has 0 radical (unpaired) electrons. The SMILES string of the molecule is COC(=O)C(N)Cc1cccc(-c2cccs2)c1. The lowest BCUT2D eigenvalue weighted by Crippen LogP contribution is -2.33. The van der Waals surface area contributed by atoms with Crippen LogP contribution >= 0.6 is 11.3 Å². The number of thiophene rings is 1. The lowest BCUT2D eigenvalue weighted by molar-refractivity contribution is -0.142. The summed E-state index contributed by atoms with van der Waals surface area (Å²) in [6.07, 6.45) is 0.492. The van der Waals surface area contributed by atoms with Crippen LogP contribution in [-0.4, -0.2) is 19.1 Å². The van der Waals surface area contributed by atoms with E-state index in [0.29, 0.717) is 6.42 Å². The van der Waals surface area contributed by atoms with E-state index in [1.54, 1.807) is 11.3 Å². The van der Waals surface area contributed by atoms with Gasteiger partial charge in [0.15, 0.2) is 0 Å². The van der Waals surface area contributed by atoms with E-state index in [1.807, 2.05) is 23.6 Å². The first kappa shape index (κ1) is 12.8. The summed E-state index contributed by atoms with van der Waals surface area (Å²) in [4.78, 5) is 12.5. The highest BCUT2D eigenvalue weighted by Gasteiger charge is 2.14. The molecule has 0 aliphatic heterocycles. The molecular weight excluding hydrogens is 246 g/mol. The van der Waals surface area contributed by atoms with Gasteiger partial charge >= 0.3 is 5.97 Å². The van der Waals surface area contributed by atoms with Crippen molar-refractivity contribution in [2.45, 2.75) is 12.5 Å². The van der Waals surface area contributed by atoms with E-state index in [4.69, 9.17) is 5.73 Å². The summed E-state index contributed by atoms with van der Waals surface area (Å²) in [5.74, 6) is -0.378. The molecule has 2 rings (SSSR count). The molecule has 2 aromatic rings. The third kappa shape index (κ3) is 2.97. The lowest BCUT2D eigenvalue weighted by atomic mass is 10.0. The normalized spacial score (nSPS) is 12.1. The van der Waals surface area contributed by atoms with E-state index in [0.717, 1.165) is 11.1 Å². The molecule has 0 aliphatic carbocycles. The third-order valence-electron chi connectivity index (χ3n) is 2.69. The van der Waals surface area contributed by atoms with Crippen molar-refractivity contribution >= 4 is 17.3 Å². The second-order valence-corrected chi connectivity index (χ2v) is 4.96. The van der Waals surface area contributed by atoms with E-state index >= 15 is 0 Å². The van der Waals surface area contributed by atoms with Gasteiger partial charge in [-0.05, 0) is 29.0 Å². The number of carbonyl (C=O) groups excluding carboxylic acids is 1. The Balaban J connectivity index is 2.15. The molecule has 0 bridgehead atoms. The minimum atomic E-state index is -0.603. The van der Waals surface area contributed by atoms with Crippen molar-refractivity contribution in [3.8, 4) is 10.4 Å². The molecular formula is C14H15NO2S. The fraction of sp³-hybridized carbons (Fsp3) is 0.214. The maximum absolute atomic E-state index is 11.3. The molecule has 18 heavy (non-hydrogen) atoms. The second-order valence-electron chi connectivity index (χ2n) is 4.01. The van der Waals surface area contributed by atoms with Crippen molar-refractivity contribution in [2.75, 3.05) is 7.11 Å². The van der Waals surface area contributed by atoms with Gasteiger partial charge in [-0.1, -0.05) is 30.3 Å². The minimum absolute atomic E-state index is 0.378. The van der Waals surface area contributed by atoms with Gasteiger partial charge in [0.1, 0.15) is 6.04 Å². The van der Waals surface area contributed by atoms with E-state index in [9.17, 15) is 4.79 Å². The Morgan fingerprint density at radius 3 is 2.89 bits per heavy atom. The number of benzene rings is 1. The van der Waals surface area contributed by atoms with Crippen LogP contribution in [0.4, 0.5) is 0 Å². The van der Waals surface area contributed by atoms with Crippen LogP contribution in [0.25, 0.3) is 10.4 Å². The molecule has 1 aromatic heterocycles. The predicted octanol–water partition coefficient (Wildman–Crippen LogP) is 2.46. The number of methoxy groups -OCH3 is 1.